The summed E-state index contributed by atoms with van der Waals surface area (Å²) in [5.74, 6) is 1.64. The molecule has 1 heteroatoms. The van der Waals surface area contributed by atoms with Gasteiger partial charge in [-0.05, 0) is 37.5 Å². The predicted molar refractivity (Wildman–Crippen MR) is 62.2 cm³/mol. The Labute approximate surface area is 88.1 Å². The van der Waals surface area contributed by atoms with E-state index in [2.05, 4.69) is 12.3 Å². The van der Waals surface area contributed by atoms with Crippen LogP contribution in [0.5, 0.6) is 0 Å². The molecule has 1 aliphatic carbocycles. The van der Waals surface area contributed by atoms with Crippen molar-refractivity contribution in [3.63, 3.8) is 0 Å². The summed E-state index contributed by atoms with van der Waals surface area (Å²) in [6, 6.07) is 0. The number of hydrogen-bond donors (Lipinski definition) is 0. The van der Waals surface area contributed by atoms with E-state index in [0.29, 0.717) is 5.92 Å². The highest BCUT2D eigenvalue weighted by molar-refractivity contribution is 7.79. The first-order chi connectivity index (χ1) is 6.36. The Bertz CT molecular complexity index is 134. The molecule has 13 heavy (non-hydrogen) atoms. The molecule has 0 aliphatic heterocycles. The van der Waals surface area contributed by atoms with E-state index in [9.17, 15) is 0 Å². The van der Waals surface area contributed by atoms with Crippen molar-refractivity contribution in [2.45, 2.75) is 58.3 Å². The molecule has 0 aromatic carbocycles. The summed E-state index contributed by atoms with van der Waals surface area (Å²) >= 11 is 4.87. The van der Waals surface area contributed by atoms with Gasteiger partial charge in [0.1, 0.15) is 0 Å². The molecule has 0 bridgehead atoms. The Morgan fingerprint density at radius 2 is 1.85 bits per heavy atom. The molecule has 0 aromatic heterocycles. The first kappa shape index (κ1) is 11.2. The number of unbranched alkanes of at least 4 members (excludes halogenated alkanes) is 2. The van der Waals surface area contributed by atoms with Crippen LogP contribution in [0.2, 0.25) is 0 Å². The van der Waals surface area contributed by atoms with Crippen molar-refractivity contribution >= 4 is 17.6 Å². The molecular formula is C12H21S. The number of rotatable bonds is 5. The van der Waals surface area contributed by atoms with Crippen molar-refractivity contribution in [2.24, 2.45) is 11.8 Å². The van der Waals surface area contributed by atoms with Crippen LogP contribution >= 0.6 is 12.2 Å². The third-order valence-corrected chi connectivity index (χ3v) is 3.56. The summed E-state index contributed by atoms with van der Waals surface area (Å²) in [6.07, 6.45) is 11.1. The third-order valence-electron chi connectivity index (χ3n) is 3.23. The first-order valence-corrected chi connectivity index (χ1v) is 6.15. The molecular weight excluding hydrogens is 176 g/mol. The monoisotopic (exact) mass is 197 g/mol. The second-order valence-electron chi connectivity index (χ2n) is 4.33. The van der Waals surface area contributed by atoms with Crippen LogP contribution in [0.3, 0.4) is 0 Å². The lowest BCUT2D eigenvalue weighted by molar-refractivity contribution is 0.303. The zero-order valence-electron chi connectivity index (χ0n) is 8.72. The van der Waals surface area contributed by atoms with E-state index in [1.165, 1.54) is 51.4 Å². The minimum Gasteiger partial charge on any atom is -0.0834 e. The van der Waals surface area contributed by atoms with Crippen LogP contribution in [-0.2, 0) is 0 Å². The molecule has 0 nitrogen and oxygen atoms in total. The van der Waals surface area contributed by atoms with Crippen molar-refractivity contribution < 1.29 is 0 Å². The quantitative estimate of drug-likeness (QED) is 0.469. The molecule has 0 atom stereocenters. The van der Waals surface area contributed by atoms with Gasteiger partial charge in [0.25, 0.3) is 0 Å². The summed E-state index contributed by atoms with van der Waals surface area (Å²) in [5, 5.41) is 2.98. The van der Waals surface area contributed by atoms with Gasteiger partial charge in [0.2, 0.25) is 0 Å². The van der Waals surface area contributed by atoms with Gasteiger partial charge >= 0.3 is 0 Å². The second kappa shape index (κ2) is 6.53. The van der Waals surface area contributed by atoms with Gasteiger partial charge < -0.3 is 0 Å². The van der Waals surface area contributed by atoms with Gasteiger partial charge in [0.15, 0.2) is 0 Å². The van der Waals surface area contributed by atoms with Crippen LogP contribution in [0.1, 0.15) is 58.3 Å². The third kappa shape index (κ3) is 4.21. The summed E-state index contributed by atoms with van der Waals surface area (Å²) in [5.41, 5.74) is 0. The fraction of sp³-hybridized carbons (Fsp3) is 0.917. The molecule has 1 saturated carbocycles. The minimum atomic E-state index is 0.637. The fourth-order valence-electron chi connectivity index (χ4n) is 2.25. The highest BCUT2D eigenvalue weighted by Gasteiger charge is 2.18. The van der Waals surface area contributed by atoms with Gasteiger partial charge in [-0.1, -0.05) is 44.8 Å². The van der Waals surface area contributed by atoms with Crippen LogP contribution in [-0.4, -0.2) is 5.37 Å². The smallest absolute Gasteiger partial charge is 0.0325 e. The minimum absolute atomic E-state index is 0.637. The molecule has 0 saturated heterocycles. The highest BCUT2D eigenvalue weighted by Crippen LogP contribution is 2.31. The van der Waals surface area contributed by atoms with Crippen LogP contribution in [0, 0.1) is 11.8 Å². The van der Waals surface area contributed by atoms with Gasteiger partial charge in [-0.25, -0.2) is 0 Å². The standard InChI is InChI=1S/C12H21S/c1-2-3-4-5-11-6-8-12(10-13)9-7-11/h11-12H,2-9H2,1H3/t11-,12-. The zero-order valence-corrected chi connectivity index (χ0v) is 9.54. The van der Waals surface area contributed by atoms with Crippen LogP contribution < -0.4 is 0 Å². The van der Waals surface area contributed by atoms with Gasteiger partial charge in [-0.2, -0.15) is 0 Å². The zero-order chi connectivity index (χ0) is 9.52. The van der Waals surface area contributed by atoms with E-state index in [4.69, 9.17) is 12.2 Å². The maximum Gasteiger partial charge on any atom is 0.0325 e. The largest absolute Gasteiger partial charge is 0.0834 e. The molecule has 1 fully saturated rings. The Morgan fingerprint density at radius 1 is 1.15 bits per heavy atom. The SMILES string of the molecule is CCCCC[C@H]1CC[C@H]([C]=S)CC1. The molecule has 0 heterocycles. The molecule has 1 radical (unpaired) electrons. The topological polar surface area (TPSA) is 0 Å². The lowest BCUT2D eigenvalue weighted by Crippen LogP contribution is -2.14. The van der Waals surface area contributed by atoms with E-state index in [0.717, 1.165) is 5.92 Å². The summed E-state index contributed by atoms with van der Waals surface area (Å²) in [4.78, 5) is 0. The molecule has 1 rings (SSSR count). The van der Waals surface area contributed by atoms with E-state index >= 15 is 0 Å². The first-order valence-electron chi connectivity index (χ1n) is 5.74. The van der Waals surface area contributed by atoms with E-state index in [-0.39, 0.29) is 0 Å². The normalized spacial score (nSPS) is 28.7. The van der Waals surface area contributed by atoms with Crippen molar-refractivity contribution in [2.75, 3.05) is 0 Å². The van der Waals surface area contributed by atoms with Gasteiger partial charge in [-0.3, -0.25) is 0 Å². The molecule has 0 spiro atoms. The summed E-state index contributed by atoms with van der Waals surface area (Å²) in [7, 11) is 0. The van der Waals surface area contributed by atoms with Crippen molar-refractivity contribution in [1.29, 1.82) is 0 Å². The lowest BCUT2D eigenvalue weighted by atomic mass is 9.80. The fourth-order valence-corrected chi connectivity index (χ4v) is 2.49. The Kier molecular flexibility index (Phi) is 5.61. The molecule has 0 amide bonds. The second-order valence-corrected chi connectivity index (χ2v) is 4.57. The van der Waals surface area contributed by atoms with Crippen LogP contribution in [0.15, 0.2) is 0 Å². The van der Waals surface area contributed by atoms with E-state index < -0.39 is 0 Å². The highest BCUT2D eigenvalue weighted by atomic mass is 32.1. The summed E-state index contributed by atoms with van der Waals surface area (Å²) in [6.45, 7) is 2.28. The van der Waals surface area contributed by atoms with Gasteiger partial charge in [0.05, 0.1) is 0 Å². The lowest BCUT2D eigenvalue weighted by Gasteiger charge is -2.25. The van der Waals surface area contributed by atoms with Crippen molar-refractivity contribution in [3.8, 4) is 0 Å². The maximum atomic E-state index is 4.87. The Hall–Kier alpha value is 0.0900. The van der Waals surface area contributed by atoms with Gasteiger partial charge in [-0.15, -0.1) is 0 Å². The van der Waals surface area contributed by atoms with E-state index in [1.807, 2.05) is 0 Å². The summed E-state index contributed by atoms with van der Waals surface area (Å²) < 4.78 is 0. The maximum absolute atomic E-state index is 4.87. The molecule has 0 unspecified atom stereocenters. The number of hydrogen-bond acceptors (Lipinski definition) is 1. The molecule has 75 valence electrons. The van der Waals surface area contributed by atoms with Crippen molar-refractivity contribution in [1.82, 2.24) is 0 Å². The molecule has 0 N–H and O–H groups in total. The Balaban J connectivity index is 2.07. The predicted octanol–water partition coefficient (Wildman–Crippen LogP) is 4.25. The average Bonchev–Trinajstić information content (AvgIpc) is 2.19. The van der Waals surface area contributed by atoms with E-state index in [1.54, 1.807) is 0 Å². The van der Waals surface area contributed by atoms with Crippen molar-refractivity contribution in [3.05, 3.63) is 0 Å². The molecule has 1 aliphatic rings. The van der Waals surface area contributed by atoms with Crippen LogP contribution in [0.4, 0.5) is 0 Å². The Morgan fingerprint density at radius 3 is 2.38 bits per heavy atom. The van der Waals surface area contributed by atoms with Crippen LogP contribution in [0.25, 0.3) is 0 Å². The number of thiocarbonyl (C=S) groups is 1. The van der Waals surface area contributed by atoms with Gasteiger partial charge in [0, 0.05) is 5.37 Å². The average molecular weight is 197 g/mol. The molecule has 0 aromatic rings.